The van der Waals surface area contributed by atoms with Crippen LogP contribution in [0.2, 0.25) is 0 Å². The van der Waals surface area contributed by atoms with Crippen molar-refractivity contribution in [2.45, 2.75) is 76.5 Å². The third kappa shape index (κ3) is 3.94. The van der Waals surface area contributed by atoms with Crippen LogP contribution in [0.5, 0.6) is 0 Å². The van der Waals surface area contributed by atoms with E-state index in [-0.39, 0.29) is 11.1 Å². The summed E-state index contributed by atoms with van der Waals surface area (Å²) in [6, 6.07) is 1.36. The zero-order chi connectivity index (χ0) is 12.5. The minimum absolute atomic E-state index is 0.253. The molecule has 0 amide bonds. The summed E-state index contributed by atoms with van der Waals surface area (Å²) in [6.45, 7) is 11.6. The van der Waals surface area contributed by atoms with Gasteiger partial charge in [-0.25, -0.2) is 0 Å². The van der Waals surface area contributed by atoms with E-state index in [1.807, 2.05) is 0 Å². The van der Waals surface area contributed by atoms with Gasteiger partial charge in [0.25, 0.3) is 0 Å². The molecule has 0 aromatic rings. The van der Waals surface area contributed by atoms with Crippen LogP contribution in [0.4, 0.5) is 0 Å². The van der Waals surface area contributed by atoms with Crippen molar-refractivity contribution in [3.8, 4) is 0 Å². The summed E-state index contributed by atoms with van der Waals surface area (Å²) >= 11 is 0. The van der Waals surface area contributed by atoms with Gasteiger partial charge >= 0.3 is 0 Å². The zero-order valence-corrected chi connectivity index (χ0v) is 11.9. The first-order valence-corrected chi connectivity index (χ1v) is 7.12. The van der Waals surface area contributed by atoms with Gasteiger partial charge in [0, 0.05) is 29.7 Å². The number of hydrogen-bond donors (Lipinski definition) is 3. The Hall–Kier alpha value is -0.120. The lowest BCUT2D eigenvalue weighted by molar-refractivity contribution is 0.145. The summed E-state index contributed by atoms with van der Waals surface area (Å²) in [7, 11) is 0. The second kappa shape index (κ2) is 4.87. The third-order valence-corrected chi connectivity index (χ3v) is 4.01. The second-order valence-electron chi connectivity index (χ2n) is 7.20. The molecule has 0 radical (unpaired) electrons. The van der Waals surface area contributed by atoms with Crippen LogP contribution in [0, 0.1) is 0 Å². The van der Waals surface area contributed by atoms with Crippen LogP contribution in [-0.2, 0) is 0 Å². The molecule has 0 aromatic heterocycles. The molecule has 2 aliphatic rings. The summed E-state index contributed by atoms with van der Waals surface area (Å²) in [6.07, 6.45) is 5.13. The van der Waals surface area contributed by atoms with Crippen molar-refractivity contribution < 1.29 is 0 Å². The predicted octanol–water partition coefficient (Wildman–Crippen LogP) is 1.64. The maximum absolute atomic E-state index is 3.77. The number of nitrogens with one attached hydrogen (secondary N) is 3. The smallest absolute Gasteiger partial charge is 0.0193 e. The molecular formula is C14H29N3. The molecular weight excluding hydrogens is 210 g/mol. The van der Waals surface area contributed by atoms with Crippen molar-refractivity contribution in [3.63, 3.8) is 0 Å². The summed E-state index contributed by atoms with van der Waals surface area (Å²) in [5, 5.41) is 11.1. The monoisotopic (exact) mass is 239 g/mol. The van der Waals surface area contributed by atoms with Crippen molar-refractivity contribution >= 4 is 0 Å². The summed E-state index contributed by atoms with van der Waals surface area (Å²) < 4.78 is 0. The molecule has 17 heavy (non-hydrogen) atoms. The predicted molar refractivity (Wildman–Crippen MR) is 73.3 cm³/mol. The highest BCUT2D eigenvalue weighted by molar-refractivity contribution is 4.99. The topological polar surface area (TPSA) is 36.1 Å². The average molecular weight is 239 g/mol. The Morgan fingerprint density at radius 1 is 1.12 bits per heavy atom. The molecule has 2 aliphatic heterocycles. The zero-order valence-electron chi connectivity index (χ0n) is 11.9. The van der Waals surface area contributed by atoms with E-state index in [1.54, 1.807) is 0 Å². The highest BCUT2D eigenvalue weighted by Crippen LogP contribution is 2.28. The van der Waals surface area contributed by atoms with Gasteiger partial charge in [-0.1, -0.05) is 0 Å². The van der Waals surface area contributed by atoms with E-state index in [9.17, 15) is 0 Å². The van der Waals surface area contributed by atoms with E-state index in [4.69, 9.17) is 0 Å². The van der Waals surface area contributed by atoms with Crippen LogP contribution in [0.15, 0.2) is 0 Å². The molecule has 1 atom stereocenters. The van der Waals surface area contributed by atoms with Crippen molar-refractivity contribution in [3.05, 3.63) is 0 Å². The Morgan fingerprint density at radius 3 is 2.29 bits per heavy atom. The molecule has 2 fully saturated rings. The van der Waals surface area contributed by atoms with E-state index in [0.29, 0.717) is 12.1 Å². The highest BCUT2D eigenvalue weighted by atomic mass is 15.1. The van der Waals surface area contributed by atoms with Crippen molar-refractivity contribution in [1.82, 2.24) is 16.0 Å². The molecule has 0 saturated carbocycles. The van der Waals surface area contributed by atoms with Gasteiger partial charge in [0.05, 0.1) is 0 Å². The minimum atomic E-state index is 0.253. The molecule has 100 valence electrons. The Kier molecular flexibility index (Phi) is 3.81. The highest BCUT2D eigenvalue weighted by Gasteiger charge is 2.37. The van der Waals surface area contributed by atoms with Gasteiger partial charge in [-0.3, -0.25) is 0 Å². The van der Waals surface area contributed by atoms with Crippen molar-refractivity contribution in [2.24, 2.45) is 0 Å². The van der Waals surface area contributed by atoms with Gasteiger partial charge in [-0.2, -0.15) is 0 Å². The first-order chi connectivity index (χ1) is 7.86. The lowest BCUT2D eigenvalue weighted by Gasteiger charge is -2.47. The molecule has 3 N–H and O–H groups in total. The second-order valence-corrected chi connectivity index (χ2v) is 7.20. The van der Waals surface area contributed by atoms with Crippen LogP contribution in [-0.4, -0.2) is 36.3 Å². The van der Waals surface area contributed by atoms with Gasteiger partial charge in [-0.15, -0.1) is 0 Å². The van der Waals surface area contributed by atoms with E-state index < -0.39 is 0 Å². The SMILES string of the molecule is CC1(C)CC(NC[C@@H]2CCCN2)CC(C)(C)N1. The molecule has 2 saturated heterocycles. The minimum Gasteiger partial charge on any atom is -0.313 e. The van der Waals surface area contributed by atoms with Crippen LogP contribution in [0.25, 0.3) is 0 Å². The molecule has 0 bridgehead atoms. The fraction of sp³-hybridized carbons (Fsp3) is 1.00. The van der Waals surface area contributed by atoms with Gasteiger partial charge < -0.3 is 16.0 Å². The standard InChI is InChI=1S/C14H29N3/c1-13(2)8-12(9-14(3,4)17-13)16-10-11-6-5-7-15-11/h11-12,15-17H,5-10H2,1-4H3/t11-/m0/s1. The molecule has 2 rings (SSSR count). The lowest BCUT2D eigenvalue weighted by atomic mass is 9.79. The first kappa shape index (κ1) is 13.3. The van der Waals surface area contributed by atoms with E-state index in [1.165, 1.54) is 32.2 Å². The largest absolute Gasteiger partial charge is 0.313 e. The first-order valence-electron chi connectivity index (χ1n) is 7.12. The maximum atomic E-state index is 3.77. The van der Waals surface area contributed by atoms with Crippen LogP contribution < -0.4 is 16.0 Å². The fourth-order valence-electron chi connectivity index (χ4n) is 3.71. The summed E-state index contributed by atoms with van der Waals surface area (Å²) in [5.74, 6) is 0. The maximum Gasteiger partial charge on any atom is 0.0193 e. The molecule has 3 nitrogen and oxygen atoms in total. The van der Waals surface area contributed by atoms with Gasteiger partial charge in [0.2, 0.25) is 0 Å². The Labute approximate surface area is 106 Å². The molecule has 2 heterocycles. The molecule has 0 aliphatic carbocycles. The third-order valence-electron chi connectivity index (χ3n) is 4.01. The van der Waals surface area contributed by atoms with Gasteiger partial charge in [-0.05, 0) is 59.9 Å². The Bertz CT molecular complexity index is 238. The summed E-state index contributed by atoms with van der Waals surface area (Å²) in [5.41, 5.74) is 0.505. The number of piperidine rings is 1. The summed E-state index contributed by atoms with van der Waals surface area (Å²) in [4.78, 5) is 0. The number of rotatable bonds is 3. The van der Waals surface area contributed by atoms with Crippen LogP contribution in [0.3, 0.4) is 0 Å². The van der Waals surface area contributed by atoms with E-state index in [2.05, 4.69) is 43.6 Å². The van der Waals surface area contributed by atoms with Gasteiger partial charge in [0.1, 0.15) is 0 Å². The fourth-order valence-corrected chi connectivity index (χ4v) is 3.71. The normalized spacial score (nSPS) is 32.8. The van der Waals surface area contributed by atoms with E-state index >= 15 is 0 Å². The van der Waals surface area contributed by atoms with Crippen LogP contribution >= 0.6 is 0 Å². The molecule has 0 spiro atoms. The van der Waals surface area contributed by atoms with E-state index in [0.717, 1.165) is 6.54 Å². The Morgan fingerprint density at radius 2 is 1.76 bits per heavy atom. The average Bonchev–Trinajstić information content (AvgIpc) is 2.61. The molecule has 0 aromatic carbocycles. The molecule has 3 heteroatoms. The van der Waals surface area contributed by atoms with Crippen molar-refractivity contribution in [2.75, 3.05) is 13.1 Å². The lowest BCUT2D eigenvalue weighted by Crippen LogP contribution is -2.62. The molecule has 0 unspecified atom stereocenters. The number of hydrogen-bond acceptors (Lipinski definition) is 3. The quantitative estimate of drug-likeness (QED) is 0.701. The Balaban J connectivity index is 1.83. The van der Waals surface area contributed by atoms with Gasteiger partial charge in [0.15, 0.2) is 0 Å². The van der Waals surface area contributed by atoms with Crippen LogP contribution in [0.1, 0.15) is 53.4 Å². The van der Waals surface area contributed by atoms with Crippen molar-refractivity contribution in [1.29, 1.82) is 0 Å².